The molecule has 0 saturated carbocycles. The SMILES string of the molecule is CCN(CC)C(=O)c1cccc(NC(=O)COc2ccc3ccccc3c2Br)c1. The predicted molar refractivity (Wildman–Crippen MR) is 119 cm³/mol. The number of halogens is 1. The van der Waals surface area contributed by atoms with Gasteiger partial charge in [-0.25, -0.2) is 0 Å². The van der Waals surface area contributed by atoms with Crippen molar-refractivity contribution < 1.29 is 14.3 Å². The lowest BCUT2D eigenvalue weighted by molar-refractivity contribution is -0.118. The molecule has 3 aromatic rings. The van der Waals surface area contributed by atoms with Crippen molar-refractivity contribution in [3.8, 4) is 5.75 Å². The third-order valence-corrected chi connectivity index (χ3v) is 5.45. The van der Waals surface area contributed by atoms with Crippen molar-refractivity contribution in [2.45, 2.75) is 13.8 Å². The number of rotatable bonds is 7. The molecule has 0 unspecified atom stereocenters. The predicted octanol–water partition coefficient (Wildman–Crippen LogP) is 5.10. The van der Waals surface area contributed by atoms with Gasteiger partial charge in [0.05, 0.1) is 4.47 Å². The molecule has 0 heterocycles. The zero-order chi connectivity index (χ0) is 20.8. The van der Waals surface area contributed by atoms with E-state index in [2.05, 4.69) is 21.2 Å². The zero-order valence-electron chi connectivity index (χ0n) is 16.4. The maximum Gasteiger partial charge on any atom is 0.262 e. The van der Waals surface area contributed by atoms with Gasteiger partial charge in [-0.1, -0.05) is 36.4 Å². The first kappa shape index (κ1) is 20.9. The summed E-state index contributed by atoms with van der Waals surface area (Å²) in [6, 6.07) is 18.7. The highest BCUT2D eigenvalue weighted by molar-refractivity contribution is 9.10. The summed E-state index contributed by atoms with van der Waals surface area (Å²) in [5.41, 5.74) is 1.11. The van der Waals surface area contributed by atoms with E-state index in [9.17, 15) is 9.59 Å². The molecule has 0 bridgehead atoms. The molecule has 0 radical (unpaired) electrons. The van der Waals surface area contributed by atoms with Gasteiger partial charge in [0, 0.05) is 24.3 Å². The van der Waals surface area contributed by atoms with E-state index in [1.54, 1.807) is 29.2 Å². The second-order valence-electron chi connectivity index (χ2n) is 6.49. The zero-order valence-corrected chi connectivity index (χ0v) is 18.0. The highest BCUT2D eigenvalue weighted by Crippen LogP contribution is 2.33. The second kappa shape index (κ2) is 9.56. The molecule has 0 aromatic heterocycles. The standard InChI is InChI=1S/C23H23BrN2O3/c1-3-26(4-2)23(28)17-9-7-10-18(14-17)25-21(27)15-29-20-13-12-16-8-5-6-11-19(16)22(20)24/h5-14H,3-4,15H2,1-2H3,(H,25,27). The van der Waals surface area contributed by atoms with Crippen molar-refractivity contribution in [1.29, 1.82) is 0 Å². The molecule has 0 aliphatic rings. The van der Waals surface area contributed by atoms with E-state index in [4.69, 9.17) is 4.74 Å². The van der Waals surface area contributed by atoms with Gasteiger partial charge in [-0.2, -0.15) is 0 Å². The average molecular weight is 455 g/mol. The summed E-state index contributed by atoms with van der Waals surface area (Å²) in [7, 11) is 0. The Morgan fingerprint density at radius 2 is 1.76 bits per heavy atom. The van der Waals surface area contributed by atoms with Crippen molar-refractivity contribution in [3.63, 3.8) is 0 Å². The molecule has 5 nitrogen and oxygen atoms in total. The molecule has 3 rings (SSSR count). The molecule has 0 spiro atoms. The van der Waals surface area contributed by atoms with E-state index in [-0.39, 0.29) is 18.4 Å². The lowest BCUT2D eigenvalue weighted by Gasteiger charge is -2.19. The third kappa shape index (κ3) is 4.95. The van der Waals surface area contributed by atoms with Gasteiger partial charge >= 0.3 is 0 Å². The van der Waals surface area contributed by atoms with Crippen molar-refractivity contribution >= 4 is 44.2 Å². The van der Waals surface area contributed by atoms with E-state index in [0.29, 0.717) is 30.1 Å². The fraction of sp³-hybridized carbons (Fsp3) is 0.217. The van der Waals surface area contributed by atoms with E-state index < -0.39 is 0 Å². The Labute approximate surface area is 178 Å². The Morgan fingerprint density at radius 3 is 2.52 bits per heavy atom. The van der Waals surface area contributed by atoms with Crippen LogP contribution in [-0.2, 0) is 4.79 Å². The number of ether oxygens (including phenoxy) is 1. The Bertz CT molecular complexity index is 1030. The molecule has 0 aliphatic heterocycles. The topological polar surface area (TPSA) is 58.6 Å². The molecule has 29 heavy (non-hydrogen) atoms. The minimum atomic E-state index is -0.294. The van der Waals surface area contributed by atoms with Crippen LogP contribution in [-0.4, -0.2) is 36.4 Å². The minimum absolute atomic E-state index is 0.0533. The number of carbonyl (C=O) groups is 2. The molecule has 6 heteroatoms. The summed E-state index contributed by atoms with van der Waals surface area (Å²) >= 11 is 3.55. The van der Waals surface area contributed by atoms with Crippen LogP contribution in [0.5, 0.6) is 5.75 Å². The van der Waals surface area contributed by atoms with E-state index >= 15 is 0 Å². The Kier molecular flexibility index (Phi) is 6.88. The highest BCUT2D eigenvalue weighted by Gasteiger charge is 2.14. The molecule has 0 aliphatic carbocycles. The number of nitrogens with one attached hydrogen (secondary N) is 1. The first-order valence-corrected chi connectivity index (χ1v) is 10.3. The fourth-order valence-electron chi connectivity index (χ4n) is 3.09. The van der Waals surface area contributed by atoms with Gasteiger partial charge in [0.15, 0.2) is 6.61 Å². The molecule has 3 aromatic carbocycles. The molecule has 2 amide bonds. The first-order chi connectivity index (χ1) is 14.0. The van der Waals surface area contributed by atoms with Gasteiger partial charge in [-0.05, 0) is 64.8 Å². The first-order valence-electron chi connectivity index (χ1n) is 9.52. The van der Waals surface area contributed by atoms with Gasteiger partial charge < -0.3 is 15.0 Å². The number of carbonyl (C=O) groups excluding carboxylic acids is 2. The Hall–Kier alpha value is -2.86. The summed E-state index contributed by atoms with van der Waals surface area (Å²) in [4.78, 5) is 26.6. The van der Waals surface area contributed by atoms with E-state index in [1.165, 1.54) is 0 Å². The van der Waals surface area contributed by atoms with Gasteiger partial charge in [-0.3, -0.25) is 9.59 Å². The smallest absolute Gasteiger partial charge is 0.262 e. The lowest BCUT2D eigenvalue weighted by Crippen LogP contribution is -2.30. The summed E-state index contributed by atoms with van der Waals surface area (Å²) in [6.45, 7) is 5.02. The number of amides is 2. The monoisotopic (exact) mass is 454 g/mol. The van der Waals surface area contributed by atoms with Crippen LogP contribution in [0.15, 0.2) is 65.1 Å². The highest BCUT2D eigenvalue weighted by atomic mass is 79.9. The second-order valence-corrected chi connectivity index (χ2v) is 7.29. The van der Waals surface area contributed by atoms with Crippen molar-refractivity contribution in [2.75, 3.05) is 25.0 Å². The largest absolute Gasteiger partial charge is 0.483 e. The molecular formula is C23H23BrN2O3. The molecule has 0 fully saturated rings. The third-order valence-electron chi connectivity index (χ3n) is 4.63. The summed E-state index contributed by atoms with van der Waals surface area (Å²) in [5.74, 6) is 0.254. The number of nitrogens with zero attached hydrogens (tertiary/aromatic N) is 1. The number of anilines is 1. The summed E-state index contributed by atoms with van der Waals surface area (Å²) in [5, 5.41) is 4.90. The molecule has 150 valence electrons. The summed E-state index contributed by atoms with van der Waals surface area (Å²) in [6.07, 6.45) is 0. The van der Waals surface area contributed by atoms with Gasteiger partial charge in [0.1, 0.15) is 5.75 Å². The maximum absolute atomic E-state index is 12.5. The molecule has 0 saturated heterocycles. The molecule has 0 atom stereocenters. The number of fused-ring (bicyclic) bond motifs is 1. The number of benzene rings is 3. The number of hydrogen-bond acceptors (Lipinski definition) is 3. The van der Waals surface area contributed by atoms with Crippen molar-refractivity contribution in [3.05, 3.63) is 70.7 Å². The average Bonchev–Trinajstić information content (AvgIpc) is 2.74. The lowest BCUT2D eigenvalue weighted by atomic mass is 10.1. The number of hydrogen-bond donors (Lipinski definition) is 1. The molecule has 1 N–H and O–H groups in total. The van der Waals surface area contributed by atoms with Crippen LogP contribution in [0, 0.1) is 0 Å². The normalized spacial score (nSPS) is 10.6. The van der Waals surface area contributed by atoms with E-state index in [1.807, 2.05) is 50.2 Å². The van der Waals surface area contributed by atoms with Crippen LogP contribution in [0.4, 0.5) is 5.69 Å². The Morgan fingerprint density at radius 1 is 1.00 bits per heavy atom. The van der Waals surface area contributed by atoms with Gasteiger partial charge in [0.2, 0.25) is 0 Å². The van der Waals surface area contributed by atoms with Crippen molar-refractivity contribution in [2.24, 2.45) is 0 Å². The Balaban J connectivity index is 1.65. The van der Waals surface area contributed by atoms with Crippen LogP contribution in [0.3, 0.4) is 0 Å². The van der Waals surface area contributed by atoms with Crippen molar-refractivity contribution in [1.82, 2.24) is 4.90 Å². The van der Waals surface area contributed by atoms with Crippen LogP contribution in [0.2, 0.25) is 0 Å². The summed E-state index contributed by atoms with van der Waals surface area (Å²) < 4.78 is 6.51. The molecular weight excluding hydrogens is 432 g/mol. The maximum atomic E-state index is 12.5. The van der Waals surface area contributed by atoms with Gasteiger partial charge in [0.25, 0.3) is 11.8 Å². The van der Waals surface area contributed by atoms with Crippen LogP contribution in [0.1, 0.15) is 24.2 Å². The van der Waals surface area contributed by atoms with Gasteiger partial charge in [-0.15, -0.1) is 0 Å². The minimum Gasteiger partial charge on any atom is -0.483 e. The van der Waals surface area contributed by atoms with E-state index in [0.717, 1.165) is 15.2 Å². The quantitative estimate of drug-likeness (QED) is 0.539. The van der Waals surface area contributed by atoms with Crippen LogP contribution < -0.4 is 10.1 Å². The fourth-order valence-corrected chi connectivity index (χ4v) is 3.70. The van der Waals surface area contributed by atoms with Crippen LogP contribution >= 0.6 is 15.9 Å². The van der Waals surface area contributed by atoms with Crippen LogP contribution in [0.25, 0.3) is 10.8 Å².